The molecule has 128 valence electrons. The summed E-state index contributed by atoms with van der Waals surface area (Å²) in [5, 5.41) is 3.44. The van der Waals surface area contributed by atoms with Crippen molar-refractivity contribution >= 4 is 17.2 Å². The molecule has 2 aromatic heterocycles. The van der Waals surface area contributed by atoms with Gasteiger partial charge in [-0.3, -0.25) is 0 Å². The average molecular weight is 349 g/mol. The molecule has 0 radical (unpaired) electrons. The van der Waals surface area contributed by atoms with E-state index in [-0.39, 0.29) is 0 Å². The van der Waals surface area contributed by atoms with Gasteiger partial charge in [-0.05, 0) is 68.4 Å². The van der Waals surface area contributed by atoms with Crippen LogP contribution in [-0.2, 0) is 19.4 Å². The van der Waals surface area contributed by atoms with Gasteiger partial charge in [-0.2, -0.15) is 0 Å². The van der Waals surface area contributed by atoms with Crippen LogP contribution in [0.4, 0.5) is 5.82 Å². The van der Waals surface area contributed by atoms with Crippen LogP contribution < -0.4 is 5.32 Å². The van der Waals surface area contributed by atoms with E-state index < -0.39 is 0 Å². The topological polar surface area (TPSA) is 24.9 Å². The van der Waals surface area contributed by atoms with Crippen LogP contribution in [0.3, 0.4) is 0 Å². The van der Waals surface area contributed by atoms with Crippen LogP contribution in [0.15, 0.2) is 42.6 Å². The molecule has 3 aromatic rings. The largest absolute Gasteiger partial charge is 0.366 e. The minimum Gasteiger partial charge on any atom is -0.366 e. The second-order valence-electron chi connectivity index (χ2n) is 6.85. The molecular formula is C22H24N2S. The summed E-state index contributed by atoms with van der Waals surface area (Å²) in [6, 6.07) is 12.8. The Bertz CT molecular complexity index is 878. The number of nitrogens with zero attached hydrogens (tertiary/aromatic N) is 1. The molecule has 25 heavy (non-hydrogen) atoms. The Kier molecular flexibility index (Phi) is 4.58. The Balaban J connectivity index is 1.53. The van der Waals surface area contributed by atoms with Gasteiger partial charge in [0.15, 0.2) is 0 Å². The van der Waals surface area contributed by atoms with Gasteiger partial charge in [0, 0.05) is 33.6 Å². The fraction of sp³-hybridized carbons (Fsp3) is 0.318. The summed E-state index contributed by atoms with van der Waals surface area (Å²) in [6.07, 6.45) is 7.17. The van der Waals surface area contributed by atoms with Crippen molar-refractivity contribution in [1.29, 1.82) is 0 Å². The van der Waals surface area contributed by atoms with Crippen molar-refractivity contribution in [2.24, 2.45) is 0 Å². The van der Waals surface area contributed by atoms with E-state index in [0.717, 1.165) is 12.4 Å². The third-order valence-electron chi connectivity index (χ3n) is 5.12. The number of aromatic nitrogens is 1. The van der Waals surface area contributed by atoms with Crippen LogP contribution in [0.2, 0.25) is 0 Å². The molecule has 1 aliphatic carbocycles. The van der Waals surface area contributed by atoms with Crippen molar-refractivity contribution in [2.45, 2.75) is 46.1 Å². The first-order valence-corrected chi connectivity index (χ1v) is 9.90. The number of anilines is 1. The minimum atomic E-state index is 0.811. The molecule has 0 aliphatic heterocycles. The molecule has 1 aromatic carbocycles. The fourth-order valence-electron chi connectivity index (χ4n) is 3.72. The van der Waals surface area contributed by atoms with E-state index in [9.17, 15) is 0 Å². The number of hydrogen-bond donors (Lipinski definition) is 1. The summed E-state index contributed by atoms with van der Waals surface area (Å²) in [4.78, 5) is 7.70. The molecule has 0 bridgehead atoms. The number of pyridine rings is 1. The highest BCUT2D eigenvalue weighted by molar-refractivity contribution is 7.12. The predicted molar refractivity (Wildman–Crippen MR) is 107 cm³/mol. The van der Waals surface area contributed by atoms with Gasteiger partial charge in [-0.1, -0.05) is 24.3 Å². The van der Waals surface area contributed by atoms with Gasteiger partial charge in [0.05, 0.1) is 0 Å². The van der Waals surface area contributed by atoms with Crippen molar-refractivity contribution in [2.75, 3.05) is 5.32 Å². The minimum absolute atomic E-state index is 0.811. The SMILES string of the molecule is Cc1ccccc1CNc1ccc(-c2c(C)sc3c2CCCC3)cn1. The molecule has 2 heterocycles. The fourth-order valence-corrected chi connectivity index (χ4v) is 5.01. The lowest BCUT2D eigenvalue weighted by Gasteiger charge is -2.13. The summed E-state index contributed by atoms with van der Waals surface area (Å²) in [7, 11) is 0. The van der Waals surface area contributed by atoms with Crippen LogP contribution in [0.1, 0.15) is 39.3 Å². The summed E-state index contributed by atoms with van der Waals surface area (Å²) < 4.78 is 0. The van der Waals surface area contributed by atoms with Gasteiger partial charge < -0.3 is 5.32 Å². The van der Waals surface area contributed by atoms with Gasteiger partial charge >= 0.3 is 0 Å². The van der Waals surface area contributed by atoms with E-state index >= 15 is 0 Å². The lowest BCUT2D eigenvalue weighted by atomic mass is 9.92. The molecule has 0 atom stereocenters. The number of rotatable bonds is 4. The van der Waals surface area contributed by atoms with Crippen LogP contribution >= 0.6 is 11.3 Å². The lowest BCUT2D eigenvalue weighted by Crippen LogP contribution is -2.03. The monoisotopic (exact) mass is 348 g/mol. The quantitative estimate of drug-likeness (QED) is 0.633. The predicted octanol–water partition coefficient (Wildman–Crippen LogP) is 5.92. The average Bonchev–Trinajstić information content (AvgIpc) is 2.97. The summed E-state index contributed by atoms with van der Waals surface area (Å²) >= 11 is 1.98. The molecule has 1 N–H and O–H groups in total. The van der Waals surface area contributed by atoms with Gasteiger partial charge in [-0.25, -0.2) is 4.98 Å². The summed E-state index contributed by atoms with van der Waals surface area (Å²) in [5.41, 5.74) is 6.91. The Morgan fingerprint density at radius 1 is 1.04 bits per heavy atom. The first-order valence-electron chi connectivity index (χ1n) is 9.08. The number of hydrogen-bond acceptors (Lipinski definition) is 3. The molecule has 4 rings (SSSR count). The number of thiophene rings is 1. The number of fused-ring (bicyclic) bond motifs is 1. The zero-order chi connectivity index (χ0) is 17.2. The van der Waals surface area contributed by atoms with E-state index in [1.807, 2.05) is 17.5 Å². The van der Waals surface area contributed by atoms with E-state index in [2.05, 4.69) is 60.5 Å². The Hall–Kier alpha value is -2.13. The number of nitrogens with one attached hydrogen (secondary N) is 1. The molecule has 0 unspecified atom stereocenters. The Labute approximate surface area is 154 Å². The summed E-state index contributed by atoms with van der Waals surface area (Å²) in [5.74, 6) is 0.939. The van der Waals surface area contributed by atoms with Crippen LogP contribution in [0, 0.1) is 13.8 Å². The Morgan fingerprint density at radius 3 is 2.68 bits per heavy atom. The molecule has 0 saturated carbocycles. The zero-order valence-electron chi connectivity index (χ0n) is 14.9. The highest BCUT2D eigenvalue weighted by atomic mass is 32.1. The molecule has 0 saturated heterocycles. The second kappa shape index (κ2) is 7.01. The van der Waals surface area contributed by atoms with Crippen LogP contribution in [0.25, 0.3) is 11.1 Å². The lowest BCUT2D eigenvalue weighted by molar-refractivity contribution is 0.698. The number of benzene rings is 1. The van der Waals surface area contributed by atoms with Crippen LogP contribution in [0.5, 0.6) is 0 Å². The maximum Gasteiger partial charge on any atom is 0.126 e. The van der Waals surface area contributed by atoms with E-state index in [1.54, 1.807) is 10.4 Å². The maximum absolute atomic E-state index is 4.66. The van der Waals surface area contributed by atoms with Crippen LogP contribution in [-0.4, -0.2) is 4.98 Å². The summed E-state index contributed by atoms with van der Waals surface area (Å²) in [6.45, 7) is 5.21. The van der Waals surface area contributed by atoms with E-state index in [0.29, 0.717) is 0 Å². The first-order chi connectivity index (χ1) is 12.2. The molecule has 3 heteroatoms. The standard InChI is InChI=1S/C22H24N2S/c1-15-7-3-4-8-17(15)13-23-21-12-11-18(14-24-21)22-16(2)25-20-10-6-5-9-19(20)22/h3-4,7-8,11-12,14H,5-6,9-10,13H2,1-2H3,(H,23,24). The molecule has 0 spiro atoms. The molecular weight excluding hydrogens is 324 g/mol. The highest BCUT2D eigenvalue weighted by Crippen LogP contribution is 2.40. The third kappa shape index (κ3) is 3.34. The van der Waals surface area contributed by atoms with Gasteiger partial charge in [0.2, 0.25) is 0 Å². The van der Waals surface area contributed by atoms with Gasteiger partial charge in [0.1, 0.15) is 5.82 Å². The molecule has 2 nitrogen and oxygen atoms in total. The Morgan fingerprint density at radius 2 is 1.88 bits per heavy atom. The van der Waals surface area contributed by atoms with Gasteiger partial charge in [0.25, 0.3) is 0 Å². The molecule has 0 fully saturated rings. The molecule has 1 aliphatic rings. The van der Waals surface area contributed by atoms with Gasteiger partial charge in [-0.15, -0.1) is 11.3 Å². The normalized spacial score (nSPS) is 13.5. The third-order valence-corrected chi connectivity index (χ3v) is 6.33. The highest BCUT2D eigenvalue weighted by Gasteiger charge is 2.19. The van der Waals surface area contributed by atoms with Crippen molar-refractivity contribution in [1.82, 2.24) is 4.98 Å². The maximum atomic E-state index is 4.66. The van der Waals surface area contributed by atoms with Crippen molar-refractivity contribution in [3.05, 3.63) is 69.0 Å². The van der Waals surface area contributed by atoms with Crippen molar-refractivity contribution < 1.29 is 0 Å². The first kappa shape index (κ1) is 16.3. The van der Waals surface area contributed by atoms with Crippen molar-refractivity contribution in [3.8, 4) is 11.1 Å². The number of aryl methyl sites for hydroxylation is 3. The second-order valence-corrected chi connectivity index (χ2v) is 8.16. The van der Waals surface area contributed by atoms with E-state index in [1.165, 1.54) is 52.8 Å². The van der Waals surface area contributed by atoms with E-state index in [4.69, 9.17) is 0 Å². The zero-order valence-corrected chi connectivity index (χ0v) is 15.7. The smallest absolute Gasteiger partial charge is 0.126 e. The van der Waals surface area contributed by atoms with Crippen molar-refractivity contribution in [3.63, 3.8) is 0 Å². The molecule has 0 amide bonds.